The molecule has 3 rings (SSSR count). The van der Waals surface area contributed by atoms with Gasteiger partial charge < -0.3 is 0 Å². The van der Waals surface area contributed by atoms with Crippen LogP contribution in [0.2, 0.25) is 5.02 Å². The van der Waals surface area contributed by atoms with E-state index in [1.807, 2.05) is 0 Å². The van der Waals surface area contributed by atoms with Gasteiger partial charge in [0.2, 0.25) is 0 Å². The SMILES string of the molecule is CS(=O)(=O)C1CCC(Cc2cc(F)ccc2F)(S(=O)(=O)c2ccc(Cl)cc2)CC1. The lowest BCUT2D eigenvalue weighted by Gasteiger charge is -2.39. The van der Waals surface area contributed by atoms with Crippen LogP contribution >= 0.6 is 11.6 Å². The van der Waals surface area contributed by atoms with Gasteiger partial charge in [0, 0.05) is 11.3 Å². The fourth-order valence-electron chi connectivity index (χ4n) is 3.98. The normalized spacial score (nSPS) is 23.1. The Morgan fingerprint density at radius 1 is 1.00 bits per heavy atom. The van der Waals surface area contributed by atoms with Gasteiger partial charge in [0.1, 0.15) is 21.5 Å². The molecule has 158 valence electrons. The molecular formula is C20H21ClF2O4S2. The molecule has 0 bridgehead atoms. The van der Waals surface area contributed by atoms with Crippen molar-refractivity contribution in [3.63, 3.8) is 0 Å². The summed E-state index contributed by atoms with van der Waals surface area (Å²) in [5.74, 6) is -1.35. The lowest BCUT2D eigenvalue weighted by atomic mass is 9.83. The highest BCUT2D eigenvalue weighted by atomic mass is 35.5. The van der Waals surface area contributed by atoms with Crippen LogP contribution in [0.1, 0.15) is 31.2 Å². The fourth-order valence-corrected chi connectivity index (χ4v) is 7.31. The third-order valence-corrected chi connectivity index (χ3v) is 10.2. The summed E-state index contributed by atoms with van der Waals surface area (Å²) in [6.45, 7) is 0. The van der Waals surface area contributed by atoms with E-state index in [0.717, 1.165) is 24.5 Å². The highest BCUT2D eigenvalue weighted by molar-refractivity contribution is 7.93. The van der Waals surface area contributed by atoms with Crippen molar-refractivity contribution < 1.29 is 25.6 Å². The molecule has 4 nitrogen and oxygen atoms in total. The standard InChI is InChI=1S/C20H21ClF2O4S2/c1-28(24,25)17-8-10-20(11-9-17,13-14-12-16(22)4-7-19(14)23)29(26,27)18-5-2-15(21)3-6-18/h2-7,12,17H,8-11,13H2,1H3. The molecule has 9 heteroatoms. The molecule has 1 aliphatic carbocycles. The molecule has 1 aliphatic rings. The lowest BCUT2D eigenvalue weighted by molar-refractivity contribution is 0.365. The molecule has 0 atom stereocenters. The van der Waals surface area contributed by atoms with Crippen LogP contribution in [0.3, 0.4) is 0 Å². The van der Waals surface area contributed by atoms with Crippen molar-refractivity contribution in [1.82, 2.24) is 0 Å². The molecule has 0 aliphatic heterocycles. The van der Waals surface area contributed by atoms with Gasteiger partial charge in [-0.05, 0) is 80.1 Å². The molecule has 0 unspecified atom stereocenters. The van der Waals surface area contributed by atoms with Crippen molar-refractivity contribution >= 4 is 31.3 Å². The second kappa shape index (κ2) is 7.96. The number of rotatable bonds is 5. The predicted molar refractivity (Wildman–Crippen MR) is 109 cm³/mol. The summed E-state index contributed by atoms with van der Waals surface area (Å²) in [7, 11) is -7.31. The summed E-state index contributed by atoms with van der Waals surface area (Å²) >= 11 is 5.87. The second-order valence-corrected chi connectivity index (χ2v) is 12.7. The minimum atomic E-state index is -3.98. The average molecular weight is 463 g/mol. The predicted octanol–water partition coefficient (Wildman–Crippen LogP) is 4.36. The van der Waals surface area contributed by atoms with Crippen LogP contribution in [0.25, 0.3) is 0 Å². The van der Waals surface area contributed by atoms with Crippen molar-refractivity contribution in [3.8, 4) is 0 Å². The summed E-state index contributed by atoms with van der Waals surface area (Å²) in [5, 5.41) is -0.275. The van der Waals surface area contributed by atoms with Crippen LogP contribution in [0.15, 0.2) is 47.4 Å². The van der Waals surface area contributed by atoms with Gasteiger partial charge >= 0.3 is 0 Å². The monoisotopic (exact) mass is 462 g/mol. The highest BCUT2D eigenvalue weighted by Gasteiger charge is 2.48. The van der Waals surface area contributed by atoms with E-state index in [1.165, 1.54) is 24.3 Å². The minimum absolute atomic E-state index is 0.0246. The van der Waals surface area contributed by atoms with E-state index in [1.54, 1.807) is 0 Å². The lowest BCUT2D eigenvalue weighted by Crippen LogP contribution is -2.46. The molecule has 2 aromatic carbocycles. The van der Waals surface area contributed by atoms with Crippen molar-refractivity contribution in [1.29, 1.82) is 0 Å². The molecule has 1 saturated carbocycles. The van der Waals surface area contributed by atoms with E-state index in [-0.39, 0.29) is 42.6 Å². The Balaban J connectivity index is 2.07. The zero-order valence-corrected chi connectivity index (χ0v) is 18.1. The van der Waals surface area contributed by atoms with Crippen molar-refractivity contribution in [2.75, 3.05) is 6.26 Å². The maximum absolute atomic E-state index is 14.3. The van der Waals surface area contributed by atoms with E-state index in [4.69, 9.17) is 11.6 Å². The molecule has 1 fully saturated rings. The third-order valence-electron chi connectivity index (χ3n) is 5.66. The zero-order valence-electron chi connectivity index (χ0n) is 15.7. The molecule has 0 N–H and O–H groups in total. The zero-order chi connectivity index (χ0) is 21.4. The average Bonchev–Trinajstić information content (AvgIpc) is 2.64. The van der Waals surface area contributed by atoms with Crippen LogP contribution in [0, 0.1) is 11.6 Å². The molecule has 0 amide bonds. The molecular weight excluding hydrogens is 442 g/mol. The number of hydrogen-bond donors (Lipinski definition) is 0. The van der Waals surface area contributed by atoms with Crippen LogP contribution < -0.4 is 0 Å². The van der Waals surface area contributed by atoms with Gasteiger partial charge in [-0.1, -0.05) is 11.6 Å². The van der Waals surface area contributed by atoms with E-state index in [0.29, 0.717) is 5.02 Å². The van der Waals surface area contributed by atoms with Gasteiger partial charge in [-0.15, -0.1) is 0 Å². The smallest absolute Gasteiger partial charge is 0.184 e. The van der Waals surface area contributed by atoms with Crippen molar-refractivity contribution in [2.24, 2.45) is 0 Å². The second-order valence-electron chi connectivity index (χ2n) is 7.58. The Labute approximate surface area is 174 Å². The fraction of sp³-hybridized carbons (Fsp3) is 0.400. The first-order valence-electron chi connectivity index (χ1n) is 9.08. The summed E-state index contributed by atoms with van der Waals surface area (Å²) in [6, 6.07) is 8.60. The van der Waals surface area contributed by atoms with E-state index in [9.17, 15) is 25.6 Å². The van der Waals surface area contributed by atoms with Gasteiger partial charge in [0.15, 0.2) is 9.84 Å². The van der Waals surface area contributed by atoms with Gasteiger partial charge in [0.05, 0.1) is 14.9 Å². The molecule has 0 radical (unpaired) electrons. The van der Waals surface area contributed by atoms with Gasteiger partial charge in [-0.25, -0.2) is 25.6 Å². The van der Waals surface area contributed by atoms with Crippen molar-refractivity contribution in [2.45, 2.75) is 47.0 Å². The highest BCUT2D eigenvalue weighted by Crippen LogP contribution is 2.43. The van der Waals surface area contributed by atoms with E-state index >= 15 is 0 Å². The number of hydrogen-bond acceptors (Lipinski definition) is 4. The molecule has 29 heavy (non-hydrogen) atoms. The quantitative estimate of drug-likeness (QED) is 0.662. The topological polar surface area (TPSA) is 68.3 Å². The molecule has 0 spiro atoms. The third kappa shape index (κ3) is 4.49. The Kier molecular flexibility index (Phi) is 6.09. The molecule has 0 saturated heterocycles. The van der Waals surface area contributed by atoms with E-state index < -0.39 is 41.3 Å². The molecule has 0 aromatic heterocycles. The summed E-state index contributed by atoms with van der Waals surface area (Å²) in [5.41, 5.74) is -0.0413. The Hall–Kier alpha value is -1.51. The van der Waals surface area contributed by atoms with Crippen LogP contribution in [-0.2, 0) is 26.1 Å². The number of sulfone groups is 2. The van der Waals surface area contributed by atoms with Gasteiger partial charge in [0.25, 0.3) is 0 Å². The first kappa shape index (κ1) is 22.2. The Morgan fingerprint density at radius 2 is 1.59 bits per heavy atom. The first-order valence-corrected chi connectivity index (χ1v) is 12.9. The first-order chi connectivity index (χ1) is 13.4. The molecule has 0 heterocycles. The molecule has 2 aromatic rings. The number of benzene rings is 2. The largest absolute Gasteiger partial charge is 0.229 e. The van der Waals surface area contributed by atoms with E-state index in [2.05, 4.69) is 0 Å². The van der Waals surface area contributed by atoms with Gasteiger partial charge in [-0.3, -0.25) is 0 Å². The summed E-state index contributed by atoms with van der Waals surface area (Å²) < 4.78 is 77.6. The Morgan fingerprint density at radius 3 is 2.14 bits per heavy atom. The van der Waals surface area contributed by atoms with Crippen molar-refractivity contribution in [3.05, 3.63) is 64.7 Å². The van der Waals surface area contributed by atoms with Crippen LogP contribution in [0.4, 0.5) is 8.78 Å². The number of halogens is 3. The maximum atomic E-state index is 14.3. The van der Waals surface area contributed by atoms with Crippen LogP contribution in [0.5, 0.6) is 0 Å². The summed E-state index contributed by atoms with van der Waals surface area (Å²) in [6.07, 6.45) is 1.24. The van der Waals surface area contributed by atoms with Crippen LogP contribution in [-0.4, -0.2) is 33.1 Å². The Bertz CT molecular complexity index is 1110. The summed E-state index contributed by atoms with van der Waals surface area (Å²) in [4.78, 5) is 0.0246. The maximum Gasteiger partial charge on any atom is 0.184 e. The minimum Gasteiger partial charge on any atom is -0.229 e. The van der Waals surface area contributed by atoms with Gasteiger partial charge in [-0.2, -0.15) is 0 Å².